The Morgan fingerprint density at radius 3 is 2.62 bits per heavy atom. The van der Waals surface area contributed by atoms with Crippen LogP contribution in [0.2, 0.25) is 0 Å². The summed E-state index contributed by atoms with van der Waals surface area (Å²) >= 11 is 0. The quantitative estimate of drug-likeness (QED) is 0.900. The zero-order valence-electron chi connectivity index (χ0n) is 13.4. The van der Waals surface area contributed by atoms with Gasteiger partial charge in [-0.15, -0.1) is 0 Å². The van der Waals surface area contributed by atoms with E-state index in [1.807, 2.05) is 4.90 Å². The average molecular weight is 337 g/mol. The first-order valence-corrected chi connectivity index (χ1v) is 8.28. The van der Waals surface area contributed by atoms with E-state index in [0.717, 1.165) is 38.1 Å². The van der Waals surface area contributed by atoms with Crippen molar-refractivity contribution in [3.8, 4) is 0 Å². The molecule has 1 aromatic carbocycles. The molecule has 5 nitrogen and oxygen atoms in total. The first-order valence-electron chi connectivity index (χ1n) is 8.28. The Hall–Kier alpha value is -2.02. The van der Waals surface area contributed by atoms with E-state index >= 15 is 0 Å². The zero-order valence-corrected chi connectivity index (χ0v) is 13.4. The summed E-state index contributed by atoms with van der Waals surface area (Å²) in [6.07, 6.45) is 2.12. The number of hydrogen-bond acceptors (Lipinski definition) is 3. The van der Waals surface area contributed by atoms with Gasteiger partial charge in [0.1, 0.15) is 0 Å². The van der Waals surface area contributed by atoms with Crippen molar-refractivity contribution in [3.63, 3.8) is 0 Å². The van der Waals surface area contributed by atoms with Crippen LogP contribution in [0, 0.1) is 11.6 Å². The standard InChI is InChI=1S/C17H21F2N3O2/c18-13-4-3-12(9-14(13)19)11-22-8-5-20-17(24)15(22)10-16(23)21-6-1-2-7-21/h3-4,9,15H,1-2,5-8,10-11H2,(H,20,24). The van der Waals surface area contributed by atoms with Crippen molar-refractivity contribution in [1.29, 1.82) is 0 Å². The van der Waals surface area contributed by atoms with E-state index in [1.54, 1.807) is 4.90 Å². The number of nitrogens with one attached hydrogen (secondary N) is 1. The number of piperazine rings is 1. The molecule has 2 aliphatic rings. The van der Waals surface area contributed by atoms with Gasteiger partial charge in [0.2, 0.25) is 11.8 Å². The van der Waals surface area contributed by atoms with E-state index in [4.69, 9.17) is 0 Å². The number of carbonyl (C=O) groups excluding carboxylic acids is 2. The Morgan fingerprint density at radius 1 is 1.17 bits per heavy atom. The third-order valence-electron chi connectivity index (χ3n) is 4.64. The molecule has 0 bridgehead atoms. The molecule has 0 aliphatic carbocycles. The van der Waals surface area contributed by atoms with Crippen molar-refractivity contribution in [2.45, 2.75) is 31.8 Å². The van der Waals surface area contributed by atoms with Crippen molar-refractivity contribution in [1.82, 2.24) is 15.1 Å². The minimum absolute atomic E-state index is 0.0233. The molecule has 3 rings (SSSR count). The van der Waals surface area contributed by atoms with Gasteiger partial charge in [-0.25, -0.2) is 8.78 Å². The molecule has 0 radical (unpaired) electrons. The maximum absolute atomic E-state index is 13.4. The van der Waals surface area contributed by atoms with E-state index in [1.165, 1.54) is 6.07 Å². The van der Waals surface area contributed by atoms with Crippen LogP contribution in [-0.2, 0) is 16.1 Å². The lowest BCUT2D eigenvalue weighted by Gasteiger charge is -2.35. The molecule has 1 atom stereocenters. The molecular formula is C17H21F2N3O2. The molecule has 0 aromatic heterocycles. The number of carbonyl (C=O) groups is 2. The summed E-state index contributed by atoms with van der Waals surface area (Å²) in [6, 6.07) is 3.16. The second-order valence-corrected chi connectivity index (χ2v) is 6.32. The molecular weight excluding hydrogens is 316 g/mol. The Bertz CT molecular complexity index is 632. The van der Waals surface area contributed by atoms with E-state index in [-0.39, 0.29) is 18.2 Å². The van der Waals surface area contributed by atoms with Gasteiger partial charge < -0.3 is 10.2 Å². The summed E-state index contributed by atoms with van der Waals surface area (Å²) in [4.78, 5) is 28.2. The molecule has 1 N–H and O–H groups in total. The highest BCUT2D eigenvalue weighted by Crippen LogP contribution is 2.18. The fraction of sp³-hybridized carbons (Fsp3) is 0.529. The highest BCUT2D eigenvalue weighted by Gasteiger charge is 2.33. The smallest absolute Gasteiger partial charge is 0.237 e. The number of halogens is 2. The largest absolute Gasteiger partial charge is 0.353 e. The summed E-state index contributed by atoms with van der Waals surface area (Å²) in [5.41, 5.74) is 0.585. The average Bonchev–Trinajstić information content (AvgIpc) is 3.09. The molecule has 1 unspecified atom stereocenters. The van der Waals surface area contributed by atoms with Gasteiger partial charge in [0.15, 0.2) is 11.6 Å². The van der Waals surface area contributed by atoms with E-state index < -0.39 is 17.7 Å². The van der Waals surface area contributed by atoms with Crippen LogP contribution in [0.25, 0.3) is 0 Å². The predicted octanol–water partition coefficient (Wildman–Crippen LogP) is 1.28. The Balaban J connectivity index is 1.70. The van der Waals surface area contributed by atoms with Gasteiger partial charge in [0.05, 0.1) is 12.5 Å². The number of hydrogen-bond donors (Lipinski definition) is 1. The maximum atomic E-state index is 13.4. The van der Waals surface area contributed by atoms with Gasteiger partial charge in [-0.3, -0.25) is 14.5 Å². The molecule has 2 aliphatic heterocycles. The second-order valence-electron chi connectivity index (χ2n) is 6.32. The monoisotopic (exact) mass is 337 g/mol. The van der Waals surface area contributed by atoms with Crippen LogP contribution < -0.4 is 5.32 Å². The first-order chi connectivity index (χ1) is 11.5. The van der Waals surface area contributed by atoms with Gasteiger partial charge >= 0.3 is 0 Å². The number of rotatable bonds is 4. The molecule has 7 heteroatoms. The predicted molar refractivity (Wildman–Crippen MR) is 84.0 cm³/mol. The second kappa shape index (κ2) is 7.25. The SMILES string of the molecule is O=C1NCCN(Cc2ccc(F)c(F)c2)C1CC(=O)N1CCCC1. The van der Waals surface area contributed by atoms with Gasteiger partial charge in [-0.05, 0) is 30.5 Å². The van der Waals surface area contributed by atoms with Crippen molar-refractivity contribution in [3.05, 3.63) is 35.4 Å². The molecule has 0 spiro atoms. The molecule has 2 amide bonds. The van der Waals surface area contributed by atoms with Crippen molar-refractivity contribution < 1.29 is 18.4 Å². The van der Waals surface area contributed by atoms with E-state index in [2.05, 4.69) is 5.32 Å². The topological polar surface area (TPSA) is 52.7 Å². The molecule has 130 valence electrons. The van der Waals surface area contributed by atoms with Crippen LogP contribution in [0.4, 0.5) is 8.78 Å². The lowest BCUT2D eigenvalue weighted by atomic mass is 10.1. The lowest BCUT2D eigenvalue weighted by molar-refractivity contribution is -0.138. The third-order valence-corrected chi connectivity index (χ3v) is 4.64. The molecule has 1 aromatic rings. The highest BCUT2D eigenvalue weighted by atomic mass is 19.2. The number of benzene rings is 1. The van der Waals surface area contributed by atoms with Crippen LogP contribution in [0.5, 0.6) is 0 Å². The molecule has 2 saturated heterocycles. The first kappa shape index (κ1) is 16.8. The van der Waals surface area contributed by atoms with Crippen LogP contribution in [-0.4, -0.2) is 53.8 Å². The Kier molecular flexibility index (Phi) is 5.08. The van der Waals surface area contributed by atoms with Crippen LogP contribution in [0.1, 0.15) is 24.8 Å². The van der Waals surface area contributed by atoms with Crippen molar-refractivity contribution in [2.75, 3.05) is 26.2 Å². The van der Waals surface area contributed by atoms with Gasteiger partial charge in [-0.1, -0.05) is 6.07 Å². The van der Waals surface area contributed by atoms with Gasteiger partial charge in [-0.2, -0.15) is 0 Å². The van der Waals surface area contributed by atoms with E-state index in [9.17, 15) is 18.4 Å². The fourth-order valence-corrected chi connectivity index (χ4v) is 3.31. The highest BCUT2D eigenvalue weighted by molar-refractivity contribution is 5.88. The minimum Gasteiger partial charge on any atom is -0.353 e. The van der Waals surface area contributed by atoms with Crippen molar-refractivity contribution in [2.24, 2.45) is 0 Å². The number of nitrogens with zero attached hydrogens (tertiary/aromatic N) is 2. The van der Waals surface area contributed by atoms with Crippen LogP contribution >= 0.6 is 0 Å². The summed E-state index contributed by atoms with van der Waals surface area (Å²) in [5, 5.41) is 2.78. The molecule has 0 saturated carbocycles. The fourth-order valence-electron chi connectivity index (χ4n) is 3.31. The third kappa shape index (κ3) is 3.72. The number of likely N-dealkylation sites (tertiary alicyclic amines) is 1. The van der Waals surface area contributed by atoms with Gasteiger partial charge in [0, 0.05) is 32.7 Å². The van der Waals surface area contributed by atoms with Gasteiger partial charge in [0.25, 0.3) is 0 Å². The summed E-state index contributed by atoms with van der Waals surface area (Å²) in [5.74, 6) is -2.00. The van der Waals surface area contributed by atoms with Crippen LogP contribution in [0.3, 0.4) is 0 Å². The normalized spacial score (nSPS) is 21.8. The Morgan fingerprint density at radius 2 is 1.92 bits per heavy atom. The number of amides is 2. The lowest BCUT2D eigenvalue weighted by Crippen LogP contribution is -2.56. The molecule has 2 fully saturated rings. The summed E-state index contributed by atoms with van der Waals surface area (Å²) in [6.45, 7) is 2.86. The molecule has 24 heavy (non-hydrogen) atoms. The maximum Gasteiger partial charge on any atom is 0.237 e. The van der Waals surface area contributed by atoms with Crippen molar-refractivity contribution >= 4 is 11.8 Å². The van der Waals surface area contributed by atoms with Crippen LogP contribution in [0.15, 0.2) is 18.2 Å². The summed E-state index contributed by atoms with van der Waals surface area (Å²) in [7, 11) is 0. The summed E-state index contributed by atoms with van der Waals surface area (Å²) < 4.78 is 26.4. The van der Waals surface area contributed by atoms with E-state index in [0.29, 0.717) is 25.2 Å². The minimum atomic E-state index is -0.904. The zero-order chi connectivity index (χ0) is 17.1. The molecule has 2 heterocycles. The Labute approximate surface area is 139 Å².